The molecule has 1 aromatic rings. The van der Waals surface area contributed by atoms with E-state index in [0.29, 0.717) is 12.8 Å². The third kappa shape index (κ3) is 5.06. The monoisotopic (exact) mass is 332 g/mol. The zero-order valence-electron chi connectivity index (χ0n) is 11.8. The highest BCUT2D eigenvalue weighted by atomic mass is 32.2. The van der Waals surface area contributed by atoms with Gasteiger partial charge in [0.2, 0.25) is 15.9 Å². The van der Waals surface area contributed by atoms with Crippen LogP contribution in [0.5, 0.6) is 0 Å². The van der Waals surface area contributed by atoms with Crippen molar-refractivity contribution in [1.29, 1.82) is 0 Å². The van der Waals surface area contributed by atoms with E-state index in [2.05, 4.69) is 10.0 Å². The Kier molecular flexibility index (Phi) is 5.37. The van der Waals surface area contributed by atoms with Crippen molar-refractivity contribution in [2.75, 3.05) is 12.8 Å². The van der Waals surface area contributed by atoms with Crippen molar-refractivity contribution in [3.63, 3.8) is 0 Å². The zero-order valence-corrected chi connectivity index (χ0v) is 13.4. The van der Waals surface area contributed by atoms with Gasteiger partial charge in [0.1, 0.15) is 0 Å². The Labute approximate surface area is 128 Å². The van der Waals surface area contributed by atoms with Gasteiger partial charge in [-0.3, -0.25) is 4.79 Å². The van der Waals surface area contributed by atoms with Crippen LogP contribution in [0.2, 0.25) is 0 Å². The molecule has 1 fully saturated rings. The van der Waals surface area contributed by atoms with Crippen LogP contribution in [0.4, 0.5) is 0 Å². The average molecular weight is 332 g/mol. The van der Waals surface area contributed by atoms with Gasteiger partial charge in [-0.15, -0.1) is 11.3 Å². The molecule has 3 N–H and O–H groups in total. The zero-order chi connectivity index (χ0) is 15.5. The quantitative estimate of drug-likeness (QED) is 0.682. The summed E-state index contributed by atoms with van der Waals surface area (Å²) >= 11 is 1.57. The number of hydrogen-bond acceptors (Lipinski definition) is 5. The summed E-state index contributed by atoms with van der Waals surface area (Å²) in [6.45, 7) is 0.0924. The minimum absolute atomic E-state index is 0.0924. The molecule has 0 saturated heterocycles. The molecule has 1 aromatic heterocycles. The Hall–Kier alpha value is -0.960. The third-order valence-electron chi connectivity index (χ3n) is 3.50. The standard InChI is InChI=1S/C13H20N2O4S2/c1-21(18,19)14-5-4-12(17)15-13(9-7-10(16)8-9)11-3-2-6-20-11/h2-3,6,9-10,13-14,16H,4-5,7-8H2,1H3,(H,15,17)/t9?,10?,13-/m0/s1. The topological polar surface area (TPSA) is 95.5 Å². The predicted molar refractivity (Wildman–Crippen MR) is 81.4 cm³/mol. The molecule has 1 amide bonds. The van der Waals surface area contributed by atoms with Gasteiger partial charge >= 0.3 is 0 Å². The first-order chi connectivity index (χ1) is 9.85. The molecule has 118 valence electrons. The molecule has 8 heteroatoms. The minimum Gasteiger partial charge on any atom is -0.393 e. The Morgan fingerprint density at radius 3 is 2.76 bits per heavy atom. The van der Waals surface area contributed by atoms with Crippen molar-refractivity contribution in [2.24, 2.45) is 5.92 Å². The van der Waals surface area contributed by atoms with Crippen molar-refractivity contribution >= 4 is 27.3 Å². The van der Waals surface area contributed by atoms with Gasteiger partial charge in [0, 0.05) is 17.8 Å². The molecule has 1 heterocycles. The second kappa shape index (κ2) is 6.87. The number of aliphatic hydroxyl groups excluding tert-OH is 1. The van der Waals surface area contributed by atoms with E-state index < -0.39 is 10.0 Å². The van der Waals surface area contributed by atoms with Crippen LogP contribution in [-0.2, 0) is 14.8 Å². The second-order valence-corrected chi connectivity index (χ2v) is 8.17. The van der Waals surface area contributed by atoms with Gasteiger partial charge in [-0.05, 0) is 30.2 Å². The molecule has 0 aliphatic heterocycles. The second-order valence-electron chi connectivity index (χ2n) is 5.36. The Morgan fingerprint density at radius 2 is 2.24 bits per heavy atom. The number of carbonyl (C=O) groups excluding carboxylic acids is 1. The first-order valence-corrected chi connectivity index (χ1v) is 9.58. The van der Waals surface area contributed by atoms with Crippen LogP contribution in [0.15, 0.2) is 17.5 Å². The van der Waals surface area contributed by atoms with Gasteiger partial charge in [-0.2, -0.15) is 0 Å². The summed E-state index contributed by atoms with van der Waals surface area (Å²) in [5, 5.41) is 14.4. The molecular weight excluding hydrogens is 312 g/mol. The van der Waals surface area contributed by atoms with Crippen molar-refractivity contribution in [3.05, 3.63) is 22.4 Å². The molecule has 1 aliphatic carbocycles. The molecule has 0 spiro atoms. The fourth-order valence-electron chi connectivity index (χ4n) is 2.39. The van der Waals surface area contributed by atoms with Gasteiger partial charge < -0.3 is 10.4 Å². The van der Waals surface area contributed by atoms with Gasteiger partial charge in [0.25, 0.3) is 0 Å². The number of sulfonamides is 1. The largest absolute Gasteiger partial charge is 0.393 e. The molecule has 21 heavy (non-hydrogen) atoms. The van der Waals surface area contributed by atoms with Crippen LogP contribution in [0.1, 0.15) is 30.2 Å². The maximum absolute atomic E-state index is 12.0. The highest BCUT2D eigenvalue weighted by Gasteiger charge is 2.36. The van der Waals surface area contributed by atoms with Crippen LogP contribution in [0, 0.1) is 5.92 Å². The molecular formula is C13H20N2O4S2. The summed E-state index contributed by atoms with van der Waals surface area (Å²) in [7, 11) is -3.27. The van der Waals surface area contributed by atoms with Crippen LogP contribution in [0.3, 0.4) is 0 Å². The lowest BCUT2D eigenvalue weighted by atomic mass is 9.76. The summed E-state index contributed by atoms with van der Waals surface area (Å²) in [6, 6.07) is 3.80. The van der Waals surface area contributed by atoms with E-state index in [0.717, 1.165) is 11.1 Å². The van der Waals surface area contributed by atoms with Crippen LogP contribution in [0.25, 0.3) is 0 Å². The highest BCUT2D eigenvalue weighted by molar-refractivity contribution is 7.88. The van der Waals surface area contributed by atoms with E-state index in [1.165, 1.54) is 0 Å². The molecule has 0 unspecified atom stereocenters. The summed E-state index contributed by atoms with van der Waals surface area (Å²) in [4.78, 5) is 13.0. The molecule has 0 bridgehead atoms. The first kappa shape index (κ1) is 16.4. The van der Waals surface area contributed by atoms with Crippen molar-refractivity contribution in [1.82, 2.24) is 10.0 Å². The smallest absolute Gasteiger partial charge is 0.221 e. The van der Waals surface area contributed by atoms with Crippen molar-refractivity contribution < 1.29 is 18.3 Å². The van der Waals surface area contributed by atoms with E-state index >= 15 is 0 Å². The molecule has 0 radical (unpaired) electrons. The Bertz CT molecular complexity index is 565. The molecule has 1 saturated carbocycles. The summed E-state index contributed by atoms with van der Waals surface area (Å²) in [6.07, 6.45) is 2.26. The fraction of sp³-hybridized carbons (Fsp3) is 0.615. The average Bonchev–Trinajstić information content (AvgIpc) is 2.84. The normalized spacial score (nSPS) is 23.3. The van der Waals surface area contributed by atoms with Gasteiger partial charge in [0.15, 0.2) is 0 Å². The Morgan fingerprint density at radius 1 is 1.52 bits per heavy atom. The van der Waals surface area contributed by atoms with E-state index in [9.17, 15) is 18.3 Å². The number of carbonyl (C=O) groups is 1. The van der Waals surface area contributed by atoms with Crippen LogP contribution >= 0.6 is 11.3 Å². The first-order valence-electron chi connectivity index (χ1n) is 6.80. The molecule has 6 nitrogen and oxygen atoms in total. The number of nitrogens with one attached hydrogen (secondary N) is 2. The fourth-order valence-corrected chi connectivity index (χ4v) is 3.73. The van der Waals surface area contributed by atoms with E-state index in [1.807, 2.05) is 17.5 Å². The lowest BCUT2D eigenvalue weighted by Gasteiger charge is -2.37. The number of amides is 1. The molecule has 1 aliphatic rings. The summed E-state index contributed by atoms with van der Waals surface area (Å²) in [5.41, 5.74) is 0. The summed E-state index contributed by atoms with van der Waals surface area (Å²) in [5.74, 6) is 0.0522. The molecule has 2 rings (SSSR count). The van der Waals surface area contributed by atoms with E-state index in [-0.39, 0.29) is 36.9 Å². The van der Waals surface area contributed by atoms with Crippen molar-refractivity contribution in [3.8, 4) is 0 Å². The number of thiophene rings is 1. The van der Waals surface area contributed by atoms with Gasteiger partial charge in [-0.1, -0.05) is 6.07 Å². The van der Waals surface area contributed by atoms with Gasteiger partial charge in [-0.25, -0.2) is 13.1 Å². The van der Waals surface area contributed by atoms with Crippen LogP contribution in [-0.4, -0.2) is 38.3 Å². The summed E-state index contributed by atoms with van der Waals surface area (Å²) < 4.78 is 24.2. The molecule has 0 aromatic carbocycles. The van der Waals surface area contributed by atoms with Crippen molar-refractivity contribution in [2.45, 2.75) is 31.4 Å². The Balaban J connectivity index is 1.88. The minimum atomic E-state index is -3.27. The highest BCUT2D eigenvalue weighted by Crippen LogP contribution is 2.39. The van der Waals surface area contributed by atoms with Gasteiger partial charge in [0.05, 0.1) is 18.4 Å². The van der Waals surface area contributed by atoms with E-state index in [1.54, 1.807) is 11.3 Å². The van der Waals surface area contributed by atoms with Crippen LogP contribution < -0.4 is 10.0 Å². The third-order valence-corrected chi connectivity index (χ3v) is 5.19. The maximum atomic E-state index is 12.0. The lowest BCUT2D eigenvalue weighted by molar-refractivity contribution is -0.122. The van der Waals surface area contributed by atoms with E-state index in [4.69, 9.17) is 0 Å². The SMILES string of the molecule is CS(=O)(=O)NCCC(=O)N[C@H](c1cccs1)C1CC(O)C1. The number of rotatable bonds is 7. The maximum Gasteiger partial charge on any atom is 0.221 e. The lowest BCUT2D eigenvalue weighted by Crippen LogP contribution is -2.41. The number of aliphatic hydroxyl groups is 1. The predicted octanol–water partition coefficient (Wildman–Crippen LogP) is 0.616. The number of hydrogen-bond donors (Lipinski definition) is 3. The molecule has 1 atom stereocenters.